The Balaban J connectivity index is 1.69. The molecule has 26 heavy (non-hydrogen) atoms. The predicted octanol–water partition coefficient (Wildman–Crippen LogP) is 3.70. The molecule has 0 N–H and O–H groups in total. The minimum Gasteiger partial charge on any atom is -0.383 e. The highest BCUT2D eigenvalue weighted by molar-refractivity contribution is 7.71. The van der Waals surface area contributed by atoms with Crippen LogP contribution in [0.15, 0.2) is 30.6 Å². The van der Waals surface area contributed by atoms with Gasteiger partial charge in [0.25, 0.3) is 0 Å². The number of alkyl halides is 3. The van der Waals surface area contributed by atoms with Crippen molar-refractivity contribution in [1.29, 1.82) is 0 Å². The lowest BCUT2D eigenvalue weighted by Gasteiger charge is -2.22. The van der Waals surface area contributed by atoms with Gasteiger partial charge in [0.05, 0.1) is 18.8 Å². The molecule has 1 aliphatic rings. The smallest absolute Gasteiger partial charge is 0.383 e. The molecule has 0 aliphatic heterocycles. The zero-order chi connectivity index (χ0) is 18.7. The van der Waals surface area contributed by atoms with Crippen LogP contribution in [0.1, 0.15) is 24.0 Å². The Morgan fingerprint density at radius 3 is 2.54 bits per heavy atom. The fraction of sp³-hybridized carbons (Fsp3) is 0.529. The summed E-state index contributed by atoms with van der Waals surface area (Å²) in [5.74, 6) is 0. The highest BCUT2D eigenvalue weighted by atomic mass is 32.1. The highest BCUT2D eigenvalue weighted by Gasteiger charge is 2.31. The number of rotatable bonds is 8. The zero-order valence-corrected chi connectivity index (χ0v) is 15.3. The van der Waals surface area contributed by atoms with Crippen LogP contribution in [0.5, 0.6) is 0 Å². The summed E-state index contributed by atoms with van der Waals surface area (Å²) in [4.78, 5) is 2.20. The maximum Gasteiger partial charge on any atom is 0.416 e. The molecule has 1 aromatic carbocycles. The van der Waals surface area contributed by atoms with Crippen molar-refractivity contribution in [2.24, 2.45) is 0 Å². The van der Waals surface area contributed by atoms with E-state index in [9.17, 15) is 13.2 Å². The fourth-order valence-electron chi connectivity index (χ4n) is 2.75. The Bertz CT molecular complexity index is 781. The summed E-state index contributed by atoms with van der Waals surface area (Å²) in [5, 5.41) is 4.34. The van der Waals surface area contributed by atoms with Crippen molar-refractivity contribution in [1.82, 2.24) is 19.2 Å². The van der Waals surface area contributed by atoms with Gasteiger partial charge in [-0.2, -0.15) is 18.3 Å². The topological polar surface area (TPSA) is 35.2 Å². The minimum atomic E-state index is -4.31. The predicted molar refractivity (Wildman–Crippen MR) is 92.9 cm³/mol. The van der Waals surface area contributed by atoms with Gasteiger partial charge in [-0.1, -0.05) is 12.1 Å². The summed E-state index contributed by atoms with van der Waals surface area (Å²) < 4.78 is 47.4. The van der Waals surface area contributed by atoms with Crippen molar-refractivity contribution in [3.05, 3.63) is 46.5 Å². The first-order valence-electron chi connectivity index (χ1n) is 8.40. The Morgan fingerprint density at radius 2 is 1.96 bits per heavy atom. The first-order valence-corrected chi connectivity index (χ1v) is 8.80. The third-order valence-corrected chi connectivity index (χ3v) is 4.82. The fourth-order valence-corrected chi connectivity index (χ4v) is 2.99. The van der Waals surface area contributed by atoms with Gasteiger partial charge >= 0.3 is 6.18 Å². The van der Waals surface area contributed by atoms with E-state index in [4.69, 9.17) is 17.0 Å². The molecule has 0 spiro atoms. The van der Waals surface area contributed by atoms with Crippen molar-refractivity contribution < 1.29 is 17.9 Å². The van der Waals surface area contributed by atoms with Gasteiger partial charge in [-0.25, -0.2) is 4.68 Å². The van der Waals surface area contributed by atoms with Crippen LogP contribution in [0, 0.1) is 4.77 Å². The van der Waals surface area contributed by atoms with Gasteiger partial charge in [-0.15, -0.1) is 0 Å². The quantitative estimate of drug-likeness (QED) is 0.648. The molecule has 2 aromatic rings. The Morgan fingerprint density at radius 1 is 1.27 bits per heavy atom. The molecule has 1 aromatic heterocycles. The van der Waals surface area contributed by atoms with Gasteiger partial charge < -0.3 is 9.30 Å². The van der Waals surface area contributed by atoms with Gasteiger partial charge in [0.2, 0.25) is 0 Å². The second-order valence-electron chi connectivity index (χ2n) is 6.41. The van der Waals surface area contributed by atoms with Crippen LogP contribution < -0.4 is 0 Å². The van der Waals surface area contributed by atoms with Crippen LogP contribution in [-0.2, 0) is 30.7 Å². The summed E-state index contributed by atoms with van der Waals surface area (Å²) in [6.45, 7) is 2.27. The van der Waals surface area contributed by atoms with Crippen LogP contribution in [-0.4, -0.2) is 39.0 Å². The number of benzene rings is 1. The number of nitrogens with zero attached hydrogens (tertiary/aromatic N) is 4. The summed E-state index contributed by atoms with van der Waals surface area (Å²) in [7, 11) is 1.63. The molecular formula is C17H21F3N4OS. The first-order chi connectivity index (χ1) is 12.4. The van der Waals surface area contributed by atoms with Gasteiger partial charge in [0, 0.05) is 26.2 Å². The SMILES string of the molecule is COCCn1cnn(CN(Cc2ccc(C(F)(F)F)cc2)C2CC2)c1=S. The maximum absolute atomic E-state index is 12.7. The van der Waals surface area contributed by atoms with Crippen LogP contribution in [0.25, 0.3) is 0 Å². The Kier molecular flexibility index (Phi) is 5.79. The summed E-state index contributed by atoms with van der Waals surface area (Å²) in [5.41, 5.74) is 0.216. The number of halogens is 3. The van der Waals surface area contributed by atoms with E-state index in [2.05, 4.69) is 10.00 Å². The number of aromatic nitrogens is 3. The molecule has 3 rings (SSSR count). The number of methoxy groups -OCH3 is 1. The molecule has 0 unspecified atom stereocenters. The van der Waals surface area contributed by atoms with E-state index in [0.29, 0.717) is 37.2 Å². The maximum atomic E-state index is 12.7. The zero-order valence-electron chi connectivity index (χ0n) is 14.4. The molecular weight excluding hydrogens is 365 g/mol. The summed E-state index contributed by atoms with van der Waals surface area (Å²) in [6.07, 6.45) is -0.460. The standard InChI is InChI=1S/C17H21F3N4OS/c1-25-9-8-22-11-21-24(16(22)26)12-23(15-6-7-15)10-13-2-4-14(5-3-13)17(18,19)20/h2-5,11,15H,6-10,12H2,1H3. The van der Waals surface area contributed by atoms with Gasteiger partial charge in [0.1, 0.15) is 6.33 Å². The molecule has 5 nitrogen and oxygen atoms in total. The average Bonchev–Trinajstić information content (AvgIpc) is 3.39. The lowest BCUT2D eigenvalue weighted by atomic mass is 10.1. The molecule has 1 saturated carbocycles. The molecule has 0 saturated heterocycles. The molecule has 0 atom stereocenters. The van der Waals surface area contributed by atoms with Crippen molar-refractivity contribution in [3.8, 4) is 0 Å². The highest BCUT2D eigenvalue weighted by Crippen LogP contribution is 2.31. The van der Waals surface area contributed by atoms with E-state index in [1.165, 1.54) is 12.1 Å². The molecule has 9 heteroatoms. The Labute approximate surface area is 155 Å². The summed E-state index contributed by atoms with van der Waals surface area (Å²) in [6, 6.07) is 5.75. The number of hydrogen-bond acceptors (Lipinski definition) is 4. The third kappa shape index (κ3) is 4.72. The largest absolute Gasteiger partial charge is 0.416 e. The van der Waals surface area contributed by atoms with Crippen LogP contribution in [0.3, 0.4) is 0 Å². The molecule has 1 fully saturated rings. The van der Waals surface area contributed by atoms with E-state index in [1.807, 2.05) is 4.57 Å². The van der Waals surface area contributed by atoms with E-state index >= 15 is 0 Å². The van der Waals surface area contributed by atoms with E-state index in [0.717, 1.165) is 30.5 Å². The van der Waals surface area contributed by atoms with Gasteiger partial charge in [0.15, 0.2) is 4.77 Å². The van der Waals surface area contributed by atoms with E-state index in [-0.39, 0.29) is 0 Å². The number of ether oxygens (including phenoxy) is 1. The number of hydrogen-bond donors (Lipinski definition) is 0. The molecule has 142 valence electrons. The second kappa shape index (κ2) is 7.89. The Hall–Kier alpha value is -1.71. The van der Waals surface area contributed by atoms with Crippen LogP contribution in [0.4, 0.5) is 13.2 Å². The van der Waals surface area contributed by atoms with Gasteiger partial charge in [-0.05, 0) is 42.8 Å². The monoisotopic (exact) mass is 386 g/mol. The molecule has 0 radical (unpaired) electrons. The van der Waals surface area contributed by atoms with E-state index < -0.39 is 11.7 Å². The van der Waals surface area contributed by atoms with Gasteiger partial charge in [-0.3, -0.25) is 4.90 Å². The molecule has 0 amide bonds. The lowest BCUT2D eigenvalue weighted by molar-refractivity contribution is -0.137. The molecule has 0 bridgehead atoms. The van der Waals surface area contributed by atoms with Crippen LogP contribution in [0.2, 0.25) is 0 Å². The van der Waals surface area contributed by atoms with Crippen molar-refractivity contribution >= 4 is 12.2 Å². The molecule has 1 aliphatic carbocycles. The average molecular weight is 386 g/mol. The van der Waals surface area contributed by atoms with Crippen molar-refractivity contribution in [2.75, 3.05) is 13.7 Å². The van der Waals surface area contributed by atoms with Crippen LogP contribution >= 0.6 is 12.2 Å². The molecule has 1 heterocycles. The summed E-state index contributed by atoms with van der Waals surface area (Å²) >= 11 is 5.44. The van der Waals surface area contributed by atoms with Crippen molar-refractivity contribution in [2.45, 2.75) is 44.8 Å². The lowest BCUT2D eigenvalue weighted by Crippen LogP contribution is -2.29. The third-order valence-electron chi connectivity index (χ3n) is 4.38. The van der Waals surface area contributed by atoms with Crippen molar-refractivity contribution in [3.63, 3.8) is 0 Å². The normalized spacial score (nSPS) is 15.0. The second-order valence-corrected chi connectivity index (χ2v) is 6.78. The van der Waals surface area contributed by atoms with E-state index in [1.54, 1.807) is 18.1 Å². The minimum absolute atomic E-state index is 0.420. The first kappa shape index (κ1) is 19.1.